The fraction of sp³-hybridized carbons (Fsp3) is 0.697. The third kappa shape index (κ3) is 11.9. The lowest BCUT2D eigenvalue weighted by molar-refractivity contribution is -0.130. The smallest absolute Gasteiger partial charge is 0.163 e. The quantitative estimate of drug-likeness (QED) is 0.165. The molecule has 2 rings (SSSR count). The molecular formula is C33H52O4. The minimum atomic E-state index is -0.0622. The molecule has 0 saturated carbocycles. The van der Waals surface area contributed by atoms with E-state index in [9.17, 15) is 19.2 Å². The molecule has 1 aromatic rings. The lowest BCUT2D eigenvalue weighted by atomic mass is 9.72. The average Bonchev–Trinajstić information content (AvgIpc) is 2.83. The summed E-state index contributed by atoms with van der Waals surface area (Å²) in [5.74, 6) is 1.23. The minimum absolute atomic E-state index is 0.0460. The van der Waals surface area contributed by atoms with Crippen molar-refractivity contribution in [2.45, 2.75) is 131 Å². The number of Topliss-reactive ketones (excluding diaryl/α,β-unsaturated/α-hetero) is 4. The van der Waals surface area contributed by atoms with E-state index in [0.29, 0.717) is 18.1 Å². The van der Waals surface area contributed by atoms with Crippen molar-refractivity contribution in [1.29, 1.82) is 0 Å². The number of hydrogen-bond donors (Lipinski definition) is 0. The Morgan fingerprint density at radius 1 is 0.919 bits per heavy atom. The SMILES string of the molecule is CCCC(CC1CC(=O)c2c(C)cccc2C1)C(CC)C(=O)CC(C)=O.CCCCCC(=O)CCCC. The number of aryl methyl sites for hydroxylation is 1. The van der Waals surface area contributed by atoms with Crippen molar-refractivity contribution in [1.82, 2.24) is 0 Å². The Morgan fingerprint density at radius 3 is 2.19 bits per heavy atom. The maximum absolute atomic E-state index is 12.7. The molecule has 1 aliphatic carbocycles. The third-order valence-corrected chi connectivity index (χ3v) is 7.63. The van der Waals surface area contributed by atoms with Crippen LogP contribution < -0.4 is 0 Å². The first-order valence-corrected chi connectivity index (χ1v) is 14.8. The van der Waals surface area contributed by atoms with Crippen LogP contribution in [0.4, 0.5) is 0 Å². The first kappa shape index (κ1) is 32.9. The van der Waals surface area contributed by atoms with Gasteiger partial charge in [0.1, 0.15) is 17.3 Å². The summed E-state index contributed by atoms with van der Waals surface area (Å²) >= 11 is 0. The molecule has 0 amide bonds. The van der Waals surface area contributed by atoms with Gasteiger partial charge in [0.05, 0.1) is 6.42 Å². The van der Waals surface area contributed by atoms with Crippen molar-refractivity contribution >= 4 is 23.1 Å². The van der Waals surface area contributed by atoms with E-state index >= 15 is 0 Å². The van der Waals surface area contributed by atoms with E-state index in [-0.39, 0.29) is 35.6 Å². The zero-order valence-corrected chi connectivity index (χ0v) is 24.5. The second-order valence-electron chi connectivity index (χ2n) is 11.1. The summed E-state index contributed by atoms with van der Waals surface area (Å²) in [5, 5.41) is 0. The largest absolute Gasteiger partial charge is 0.300 e. The number of carbonyl (C=O) groups excluding carboxylic acids is 4. The standard InChI is InChI=1S/C23H32O3.C10H20O/c1-5-8-18(20(6-2)21(25)11-16(4)24)12-17-13-19-10-7-9-15(3)23(19)22(26)14-17;1-3-5-7-9-10(11)8-6-4-2/h7,9-10,17-18,20H,5-6,8,11-14H2,1-4H3;3-9H2,1-2H3. The second kappa shape index (κ2) is 18.2. The highest BCUT2D eigenvalue weighted by atomic mass is 16.1. The number of ketones is 4. The monoisotopic (exact) mass is 512 g/mol. The van der Waals surface area contributed by atoms with Gasteiger partial charge in [0.25, 0.3) is 0 Å². The van der Waals surface area contributed by atoms with Gasteiger partial charge in [-0.05, 0) is 68.9 Å². The molecule has 37 heavy (non-hydrogen) atoms. The summed E-state index contributed by atoms with van der Waals surface area (Å²) in [6.45, 7) is 12.0. The molecule has 0 spiro atoms. The molecular weight excluding hydrogens is 460 g/mol. The molecule has 208 valence electrons. The molecule has 0 radical (unpaired) electrons. The molecule has 4 heteroatoms. The summed E-state index contributed by atoms with van der Waals surface area (Å²) in [7, 11) is 0. The first-order chi connectivity index (χ1) is 17.7. The second-order valence-corrected chi connectivity index (χ2v) is 11.1. The molecule has 0 saturated heterocycles. The van der Waals surface area contributed by atoms with Crippen LogP contribution in [0.1, 0.15) is 140 Å². The zero-order valence-electron chi connectivity index (χ0n) is 24.5. The molecule has 4 nitrogen and oxygen atoms in total. The van der Waals surface area contributed by atoms with Gasteiger partial charge in [-0.1, -0.05) is 78.0 Å². The molecule has 0 aromatic heterocycles. The lowest BCUT2D eigenvalue weighted by Crippen LogP contribution is -2.29. The number of hydrogen-bond acceptors (Lipinski definition) is 4. The highest BCUT2D eigenvalue weighted by molar-refractivity contribution is 6.00. The molecule has 0 bridgehead atoms. The first-order valence-electron chi connectivity index (χ1n) is 14.8. The van der Waals surface area contributed by atoms with Crippen molar-refractivity contribution in [3.05, 3.63) is 34.9 Å². The molecule has 3 unspecified atom stereocenters. The van der Waals surface area contributed by atoms with Gasteiger partial charge in [-0.25, -0.2) is 0 Å². The Morgan fingerprint density at radius 2 is 1.59 bits per heavy atom. The van der Waals surface area contributed by atoms with Crippen LogP contribution in [0.5, 0.6) is 0 Å². The van der Waals surface area contributed by atoms with Crippen molar-refractivity contribution < 1.29 is 19.2 Å². The van der Waals surface area contributed by atoms with Crippen molar-refractivity contribution in [3.63, 3.8) is 0 Å². The van der Waals surface area contributed by atoms with Crippen LogP contribution in [-0.4, -0.2) is 23.1 Å². The van der Waals surface area contributed by atoms with Gasteiger partial charge in [-0.3, -0.25) is 19.2 Å². The normalized spacial score (nSPS) is 16.3. The number of unbranched alkanes of at least 4 members (excludes halogenated alkanes) is 3. The van der Waals surface area contributed by atoms with Gasteiger partial charge in [-0.2, -0.15) is 0 Å². The van der Waals surface area contributed by atoms with Gasteiger partial charge < -0.3 is 0 Å². The van der Waals surface area contributed by atoms with Gasteiger partial charge in [0.2, 0.25) is 0 Å². The van der Waals surface area contributed by atoms with Crippen LogP contribution in [0, 0.1) is 24.7 Å². The van der Waals surface area contributed by atoms with E-state index in [1.54, 1.807) is 0 Å². The van der Waals surface area contributed by atoms with Gasteiger partial charge in [-0.15, -0.1) is 0 Å². The van der Waals surface area contributed by atoms with Crippen LogP contribution in [0.3, 0.4) is 0 Å². The maximum atomic E-state index is 12.7. The van der Waals surface area contributed by atoms with Crippen molar-refractivity contribution in [2.24, 2.45) is 17.8 Å². The predicted molar refractivity (Wildman–Crippen MR) is 153 cm³/mol. The molecule has 3 atom stereocenters. The Balaban J connectivity index is 0.000000525. The zero-order chi connectivity index (χ0) is 27.8. The molecule has 0 fully saturated rings. The van der Waals surface area contributed by atoms with Crippen LogP contribution in [0.25, 0.3) is 0 Å². The molecule has 0 heterocycles. The fourth-order valence-electron chi connectivity index (χ4n) is 5.77. The summed E-state index contributed by atoms with van der Waals surface area (Å²) in [6, 6.07) is 6.10. The van der Waals surface area contributed by atoms with E-state index in [1.807, 2.05) is 26.0 Å². The van der Waals surface area contributed by atoms with Crippen LogP contribution in [-0.2, 0) is 20.8 Å². The third-order valence-electron chi connectivity index (χ3n) is 7.63. The van der Waals surface area contributed by atoms with Gasteiger partial charge >= 0.3 is 0 Å². The Kier molecular flexibility index (Phi) is 16.2. The summed E-state index contributed by atoms with van der Waals surface area (Å²) in [5.41, 5.74) is 3.14. The van der Waals surface area contributed by atoms with E-state index in [2.05, 4.69) is 26.8 Å². The summed E-state index contributed by atoms with van der Waals surface area (Å²) in [6.07, 6.45) is 12.6. The Hall–Kier alpha value is -2.10. The molecule has 1 aromatic carbocycles. The summed E-state index contributed by atoms with van der Waals surface area (Å²) < 4.78 is 0. The molecule has 0 N–H and O–H groups in total. The number of carbonyl (C=O) groups is 4. The van der Waals surface area contributed by atoms with Crippen molar-refractivity contribution in [2.75, 3.05) is 0 Å². The van der Waals surface area contributed by atoms with Gasteiger partial charge in [0, 0.05) is 30.7 Å². The predicted octanol–water partition coefficient (Wildman–Crippen LogP) is 8.45. The van der Waals surface area contributed by atoms with E-state index < -0.39 is 0 Å². The van der Waals surface area contributed by atoms with Crippen LogP contribution in [0.2, 0.25) is 0 Å². The average molecular weight is 513 g/mol. The van der Waals surface area contributed by atoms with Crippen LogP contribution in [0.15, 0.2) is 18.2 Å². The lowest BCUT2D eigenvalue weighted by Gasteiger charge is -2.31. The number of rotatable bonds is 16. The highest BCUT2D eigenvalue weighted by Gasteiger charge is 2.32. The maximum Gasteiger partial charge on any atom is 0.163 e. The number of benzene rings is 1. The Bertz CT molecular complexity index is 869. The highest BCUT2D eigenvalue weighted by Crippen LogP contribution is 2.36. The number of fused-ring (bicyclic) bond motifs is 1. The van der Waals surface area contributed by atoms with E-state index in [0.717, 1.165) is 80.9 Å². The van der Waals surface area contributed by atoms with Gasteiger partial charge in [0.15, 0.2) is 5.78 Å². The fourth-order valence-corrected chi connectivity index (χ4v) is 5.77. The molecule has 1 aliphatic rings. The van der Waals surface area contributed by atoms with E-state index in [4.69, 9.17) is 0 Å². The summed E-state index contributed by atoms with van der Waals surface area (Å²) in [4.78, 5) is 47.7. The Labute approximate surface area is 226 Å². The topological polar surface area (TPSA) is 68.3 Å². The molecule has 0 aliphatic heterocycles. The minimum Gasteiger partial charge on any atom is -0.300 e. The van der Waals surface area contributed by atoms with Crippen molar-refractivity contribution in [3.8, 4) is 0 Å². The van der Waals surface area contributed by atoms with E-state index in [1.165, 1.54) is 19.8 Å². The van der Waals surface area contributed by atoms with Crippen LogP contribution >= 0.6 is 0 Å².